The van der Waals surface area contributed by atoms with E-state index < -0.39 is 5.82 Å². The molecule has 0 aliphatic carbocycles. The number of hydrogen-bond donors (Lipinski definition) is 1. The summed E-state index contributed by atoms with van der Waals surface area (Å²) in [5.41, 5.74) is 1.28. The number of nitrogens with zero attached hydrogens (tertiary/aromatic N) is 5. The van der Waals surface area contributed by atoms with E-state index in [0.29, 0.717) is 23.9 Å². The highest BCUT2D eigenvalue weighted by atomic mass is 19.1. The highest BCUT2D eigenvalue weighted by Gasteiger charge is 2.27. The monoisotopic (exact) mass is 500 g/mol. The summed E-state index contributed by atoms with van der Waals surface area (Å²) in [5.74, 6) is 0.229. The number of likely N-dealkylation sites (N-methyl/N-ethyl adjacent to an activating group) is 1. The first-order valence-electron chi connectivity index (χ1n) is 13.2. The van der Waals surface area contributed by atoms with Gasteiger partial charge in [0.05, 0.1) is 5.39 Å². The van der Waals surface area contributed by atoms with E-state index in [-0.39, 0.29) is 29.3 Å². The Morgan fingerprint density at radius 1 is 1.03 bits per heavy atom. The van der Waals surface area contributed by atoms with E-state index in [1.807, 2.05) is 42.5 Å². The van der Waals surface area contributed by atoms with Crippen molar-refractivity contribution in [1.29, 1.82) is 0 Å². The van der Waals surface area contributed by atoms with Crippen LogP contribution in [0.2, 0.25) is 0 Å². The molecular formula is C29H33FN6O. The normalized spacial score (nSPS) is 22.7. The number of aromatic nitrogens is 3. The second-order valence-corrected chi connectivity index (χ2v) is 10.5. The fourth-order valence-corrected chi connectivity index (χ4v) is 5.81. The quantitative estimate of drug-likeness (QED) is 0.428. The maximum Gasteiger partial charge on any atom is 0.319 e. The fourth-order valence-electron chi connectivity index (χ4n) is 5.81. The minimum Gasteiger partial charge on any atom is -0.462 e. The molecule has 4 aromatic rings. The van der Waals surface area contributed by atoms with Crippen molar-refractivity contribution >= 4 is 27.5 Å². The Bertz CT molecular complexity index is 1430. The van der Waals surface area contributed by atoms with Crippen molar-refractivity contribution < 1.29 is 9.13 Å². The van der Waals surface area contributed by atoms with Gasteiger partial charge in [-0.15, -0.1) is 0 Å². The maximum atomic E-state index is 16.3. The number of nitrogens with one attached hydrogen (secondary N) is 1. The molecule has 2 aromatic heterocycles. The van der Waals surface area contributed by atoms with Crippen molar-refractivity contribution in [2.75, 3.05) is 38.2 Å². The fraction of sp³-hybridized carbons (Fsp3) is 0.414. The molecule has 8 heteroatoms. The molecule has 6 rings (SSSR count). The van der Waals surface area contributed by atoms with Gasteiger partial charge >= 0.3 is 6.01 Å². The molecule has 0 spiro atoms. The second-order valence-electron chi connectivity index (χ2n) is 10.5. The average molecular weight is 501 g/mol. The molecule has 1 N–H and O–H groups in total. The molecule has 2 fully saturated rings. The van der Waals surface area contributed by atoms with Gasteiger partial charge in [-0.3, -0.25) is 4.98 Å². The van der Waals surface area contributed by atoms with Gasteiger partial charge in [0.15, 0.2) is 5.82 Å². The first-order chi connectivity index (χ1) is 18.0. The molecule has 4 heterocycles. The van der Waals surface area contributed by atoms with Crippen LogP contribution < -0.4 is 15.0 Å². The second kappa shape index (κ2) is 9.84. The summed E-state index contributed by atoms with van der Waals surface area (Å²) in [4.78, 5) is 18.5. The van der Waals surface area contributed by atoms with Crippen molar-refractivity contribution in [3.05, 3.63) is 54.5 Å². The molecule has 0 amide bonds. The van der Waals surface area contributed by atoms with E-state index in [0.717, 1.165) is 48.8 Å². The molecule has 192 valence electrons. The lowest BCUT2D eigenvalue weighted by atomic mass is 10.0. The van der Waals surface area contributed by atoms with Crippen molar-refractivity contribution in [3.63, 3.8) is 0 Å². The van der Waals surface area contributed by atoms with E-state index in [9.17, 15) is 0 Å². The van der Waals surface area contributed by atoms with Crippen LogP contribution in [-0.2, 0) is 0 Å². The Balaban J connectivity index is 1.47. The van der Waals surface area contributed by atoms with Gasteiger partial charge < -0.3 is 19.9 Å². The van der Waals surface area contributed by atoms with Crippen molar-refractivity contribution in [2.45, 2.75) is 44.8 Å². The third-order valence-electron chi connectivity index (χ3n) is 7.62. The zero-order valence-corrected chi connectivity index (χ0v) is 21.6. The highest BCUT2D eigenvalue weighted by molar-refractivity contribution is 5.99. The Morgan fingerprint density at radius 3 is 2.59 bits per heavy atom. The number of halogens is 1. The van der Waals surface area contributed by atoms with Gasteiger partial charge in [-0.25, -0.2) is 4.39 Å². The predicted molar refractivity (Wildman–Crippen MR) is 146 cm³/mol. The molecule has 37 heavy (non-hydrogen) atoms. The summed E-state index contributed by atoms with van der Waals surface area (Å²) < 4.78 is 22.5. The topological polar surface area (TPSA) is 66.4 Å². The Morgan fingerprint density at radius 2 is 1.81 bits per heavy atom. The van der Waals surface area contributed by atoms with E-state index in [1.54, 1.807) is 6.20 Å². The number of likely N-dealkylation sites (tertiary alicyclic amines) is 1. The highest BCUT2D eigenvalue weighted by Crippen LogP contribution is 2.35. The van der Waals surface area contributed by atoms with Crippen LogP contribution in [-0.4, -0.2) is 71.3 Å². The van der Waals surface area contributed by atoms with E-state index in [4.69, 9.17) is 9.72 Å². The largest absolute Gasteiger partial charge is 0.462 e. The minimum atomic E-state index is -0.448. The summed E-state index contributed by atoms with van der Waals surface area (Å²) in [5, 5.41) is 6.16. The number of anilines is 1. The molecule has 0 bridgehead atoms. The van der Waals surface area contributed by atoms with Crippen LogP contribution in [0, 0.1) is 5.82 Å². The molecule has 2 unspecified atom stereocenters. The molecule has 2 saturated heterocycles. The number of rotatable bonds is 5. The van der Waals surface area contributed by atoms with Crippen molar-refractivity contribution in [3.8, 4) is 17.3 Å². The third kappa shape index (κ3) is 4.60. The van der Waals surface area contributed by atoms with Crippen LogP contribution in [0.1, 0.15) is 26.7 Å². The van der Waals surface area contributed by atoms with Gasteiger partial charge in [-0.1, -0.05) is 42.5 Å². The molecule has 2 aliphatic heterocycles. The molecule has 0 saturated carbocycles. The number of piperazine rings is 1. The number of hydrogen-bond acceptors (Lipinski definition) is 7. The molecule has 2 aliphatic rings. The molecule has 2 aromatic carbocycles. The summed E-state index contributed by atoms with van der Waals surface area (Å²) in [6.45, 7) is 7.36. The first kappa shape index (κ1) is 24.0. The lowest BCUT2D eigenvalue weighted by Crippen LogP contribution is -2.54. The summed E-state index contributed by atoms with van der Waals surface area (Å²) in [6.07, 6.45) is 3.95. The number of ether oxygens (including phenoxy) is 1. The SMILES string of the molecule is CC1CN(c2nc(OC[C@@H]3CCCN3C)nc3c(F)c(-c4cccc5ccccc45)ncc23)CC(C)N1. The zero-order chi connectivity index (χ0) is 25.5. The Kier molecular flexibility index (Phi) is 6.38. The Labute approximate surface area is 216 Å². The molecule has 3 atom stereocenters. The van der Waals surface area contributed by atoms with Crippen molar-refractivity contribution in [1.82, 2.24) is 25.2 Å². The van der Waals surface area contributed by atoms with Crippen LogP contribution in [0.4, 0.5) is 10.2 Å². The van der Waals surface area contributed by atoms with E-state index >= 15 is 4.39 Å². The maximum absolute atomic E-state index is 16.3. The third-order valence-corrected chi connectivity index (χ3v) is 7.62. The first-order valence-corrected chi connectivity index (χ1v) is 13.2. The van der Waals surface area contributed by atoms with Crippen LogP contribution in [0.15, 0.2) is 48.7 Å². The molecular weight excluding hydrogens is 467 g/mol. The number of benzene rings is 2. The van der Waals surface area contributed by atoms with Crippen LogP contribution >= 0.6 is 0 Å². The van der Waals surface area contributed by atoms with Crippen molar-refractivity contribution in [2.24, 2.45) is 0 Å². The van der Waals surface area contributed by atoms with Crippen LogP contribution in [0.5, 0.6) is 6.01 Å². The number of pyridine rings is 1. The number of fused-ring (bicyclic) bond motifs is 2. The molecule has 7 nitrogen and oxygen atoms in total. The zero-order valence-electron chi connectivity index (χ0n) is 21.6. The lowest BCUT2D eigenvalue weighted by Gasteiger charge is -2.37. The van der Waals surface area contributed by atoms with Gasteiger partial charge in [0, 0.05) is 43.0 Å². The standard InChI is InChI=1S/C29H33FN6O/c1-18-15-36(16-19(2)32-18)28-24-14-31-26(23-12-6-9-20-8-4-5-11-22(20)23)25(30)27(24)33-29(34-28)37-17-21-10-7-13-35(21)3/h4-6,8-9,11-12,14,18-19,21,32H,7,10,13,15-17H2,1-3H3/t18?,19?,21-/m0/s1. The van der Waals surface area contributed by atoms with E-state index in [2.05, 4.69) is 46.0 Å². The van der Waals surface area contributed by atoms with Gasteiger partial charge in [0.25, 0.3) is 0 Å². The van der Waals surface area contributed by atoms with E-state index in [1.165, 1.54) is 0 Å². The summed E-state index contributed by atoms with van der Waals surface area (Å²) >= 11 is 0. The minimum absolute atomic E-state index is 0.218. The predicted octanol–water partition coefficient (Wildman–Crippen LogP) is 4.64. The Hall–Kier alpha value is -3.36. The summed E-state index contributed by atoms with van der Waals surface area (Å²) in [6, 6.07) is 14.9. The smallest absolute Gasteiger partial charge is 0.319 e. The molecule has 0 radical (unpaired) electrons. The van der Waals surface area contributed by atoms with Gasteiger partial charge in [0.2, 0.25) is 0 Å². The average Bonchev–Trinajstić information content (AvgIpc) is 3.31. The van der Waals surface area contributed by atoms with Gasteiger partial charge in [-0.2, -0.15) is 9.97 Å². The van der Waals surface area contributed by atoms with Gasteiger partial charge in [-0.05, 0) is 51.1 Å². The van der Waals surface area contributed by atoms with Crippen LogP contribution in [0.25, 0.3) is 32.9 Å². The lowest BCUT2D eigenvalue weighted by molar-refractivity contribution is 0.188. The summed E-state index contributed by atoms with van der Waals surface area (Å²) in [7, 11) is 2.11. The van der Waals surface area contributed by atoms with Gasteiger partial charge in [0.1, 0.15) is 23.6 Å². The van der Waals surface area contributed by atoms with Crippen LogP contribution in [0.3, 0.4) is 0 Å².